The van der Waals surface area contributed by atoms with Crippen LogP contribution in [0, 0.1) is 5.41 Å². The maximum Gasteiger partial charge on any atom is 0.335 e. The third-order valence-corrected chi connectivity index (χ3v) is 3.21. The summed E-state index contributed by atoms with van der Waals surface area (Å²) in [6.07, 6.45) is -0.628. The van der Waals surface area contributed by atoms with Crippen LogP contribution < -0.4 is 0 Å². The number of ether oxygens (including phenoxy) is 1. The maximum absolute atomic E-state index is 12.5. The lowest BCUT2D eigenvalue weighted by Crippen LogP contribution is -2.43. The van der Waals surface area contributed by atoms with Gasteiger partial charge in [0.2, 0.25) is 0 Å². The van der Waals surface area contributed by atoms with Crippen LogP contribution >= 0.6 is 0 Å². The van der Waals surface area contributed by atoms with E-state index >= 15 is 0 Å². The number of benzene rings is 1. The van der Waals surface area contributed by atoms with Gasteiger partial charge in [0, 0.05) is 11.0 Å². The SMILES string of the molecule is CC(C)(C)C1OC(=O)CN1C(=O)c1ccc(C(=O)O)cc1. The molecule has 0 aromatic heterocycles. The Morgan fingerprint density at radius 2 is 1.71 bits per heavy atom. The molecule has 1 aromatic carbocycles. The topological polar surface area (TPSA) is 83.9 Å². The highest BCUT2D eigenvalue weighted by Crippen LogP contribution is 2.30. The van der Waals surface area contributed by atoms with Crippen LogP contribution in [0.4, 0.5) is 0 Å². The fraction of sp³-hybridized carbons (Fsp3) is 0.400. The second-order valence-corrected chi connectivity index (χ2v) is 6.02. The number of aromatic carboxylic acids is 1. The van der Waals surface area contributed by atoms with E-state index < -0.39 is 23.6 Å². The van der Waals surface area contributed by atoms with Crippen molar-refractivity contribution in [3.8, 4) is 0 Å². The zero-order chi connectivity index (χ0) is 15.8. The molecule has 0 radical (unpaired) electrons. The van der Waals surface area contributed by atoms with Gasteiger partial charge in [0.05, 0.1) is 5.56 Å². The molecule has 1 aliphatic heterocycles. The molecule has 0 aliphatic carbocycles. The number of carbonyl (C=O) groups is 3. The van der Waals surface area contributed by atoms with Gasteiger partial charge in [-0.25, -0.2) is 4.79 Å². The van der Waals surface area contributed by atoms with Crippen LogP contribution in [0.25, 0.3) is 0 Å². The fourth-order valence-electron chi connectivity index (χ4n) is 2.19. The largest absolute Gasteiger partial charge is 0.478 e. The molecule has 6 nitrogen and oxygen atoms in total. The van der Waals surface area contributed by atoms with Crippen LogP contribution in [-0.4, -0.2) is 40.6 Å². The molecule has 1 atom stereocenters. The van der Waals surface area contributed by atoms with Crippen LogP contribution in [0.15, 0.2) is 24.3 Å². The fourth-order valence-corrected chi connectivity index (χ4v) is 2.19. The Hall–Kier alpha value is -2.37. The minimum Gasteiger partial charge on any atom is -0.478 e. The number of hydrogen-bond acceptors (Lipinski definition) is 4. The zero-order valence-electron chi connectivity index (χ0n) is 12.1. The highest BCUT2D eigenvalue weighted by molar-refractivity contribution is 5.98. The number of carboxylic acid groups (broad SMARTS) is 1. The number of carboxylic acids is 1. The predicted molar refractivity (Wildman–Crippen MR) is 73.8 cm³/mol. The van der Waals surface area contributed by atoms with E-state index in [9.17, 15) is 14.4 Å². The van der Waals surface area contributed by atoms with Crippen molar-refractivity contribution in [2.24, 2.45) is 5.41 Å². The summed E-state index contributed by atoms with van der Waals surface area (Å²) in [5.41, 5.74) is 0.0308. The van der Waals surface area contributed by atoms with E-state index in [4.69, 9.17) is 9.84 Å². The van der Waals surface area contributed by atoms with E-state index in [-0.39, 0.29) is 18.0 Å². The first-order chi connectivity index (χ1) is 9.70. The molecule has 6 heteroatoms. The second-order valence-electron chi connectivity index (χ2n) is 6.02. The normalized spacial score (nSPS) is 18.5. The minimum atomic E-state index is -1.05. The smallest absolute Gasteiger partial charge is 0.335 e. The average molecular weight is 291 g/mol. The van der Waals surface area contributed by atoms with Crippen molar-refractivity contribution >= 4 is 17.8 Å². The third-order valence-electron chi connectivity index (χ3n) is 3.21. The molecule has 1 saturated heterocycles. The number of carbonyl (C=O) groups excluding carboxylic acids is 2. The van der Waals surface area contributed by atoms with Gasteiger partial charge in [0.1, 0.15) is 6.54 Å². The van der Waals surface area contributed by atoms with Gasteiger partial charge in [0.25, 0.3) is 5.91 Å². The molecule has 0 bridgehead atoms. The summed E-state index contributed by atoms with van der Waals surface area (Å²) in [5, 5.41) is 8.85. The first-order valence-electron chi connectivity index (χ1n) is 6.54. The Labute approximate surface area is 122 Å². The van der Waals surface area contributed by atoms with Gasteiger partial charge in [-0.05, 0) is 24.3 Å². The van der Waals surface area contributed by atoms with Crippen LogP contribution in [-0.2, 0) is 9.53 Å². The summed E-state index contributed by atoms with van der Waals surface area (Å²) in [6.45, 7) is 5.54. The quantitative estimate of drug-likeness (QED) is 0.839. The van der Waals surface area contributed by atoms with Crippen molar-refractivity contribution < 1.29 is 24.2 Å². The summed E-state index contributed by atoms with van der Waals surface area (Å²) in [7, 11) is 0. The maximum atomic E-state index is 12.5. The van der Waals surface area contributed by atoms with E-state index in [1.165, 1.54) is 29.2 Å². The number of cyclic esters (lactones) is 1. The Morgan fingerprint density at radius 3 is 2.19 bits per heavy atom. The van der Waals surface area contributed by atoms with Crippen molar-refractivity contribution in [3.63, 3.8) is 0 Å². The van der Waals surface area contributed by atoms with Crippen molar-refractivity contribution in [1.29, 1.82) is 0 Å². The van der Waals surface area contributed by atoms with E-state index in [1.54, 1.807) is 0 Å². The molecule has 0 spiro atoms. The van der Waals surface area contributed by atoms with Gasteiger partial charge in [-0.3, -0.25) is 14.5 Å². The summed E-state index contributed by atoms with van der Waals surface area (Å²) in [5.74, 6) is -1.84. The Morgan fingerprint density at radius 1 is 1.19 bits per heavy atom. The molecule has 21 heavy (non-hydrogen) atoms. The molecular weight excluding hydrogens is 274 g/mol. The van der Waals surface area contributed by atoms with Crippen molar-refractivity contribution in [1.82, 2.24) is 4.90 Å². The van der Waals surface area contributed by atoms with Crippen LogP contribution in [0.5, 0.6) is 0 Å². The van der Waals surface area contributed by atoms with E-state index in [2.05, 4.69) is 0 Å². The Kier molecular flexibility index (Phi) is 3.72. The molecule has 1 N–H and O–H groups in total. The molecule has 1 heterocycles. The average Bonchev–Trinajstić information content (AvgIpc) is 2.80. The monoisotopic (exact) mass is 291 g/mol. The first-order valence-corrected chi connectivity index (χ1v) is 6.54. The molecule has 2 rings (SSSR count). The van der Waals surface area contributed by atoms with Gasteiger partial charge in [-0.1, -0.05) is 20.8 Å². The summed E-state index contributed by atoms with van der Waals surface area (Å²) >= 11 is 0. The highest BCUT2D eigenvalue weighted by Gasteiger charge is 2.43. The number of esters is 1. The molecule has 112 valence electrons. The molecule has 0 saturated carbocycles. The molecule has 1 aliphatic rings. The van der Waals surface area contributed by atoms with Crippen molar-refractivity contribution in [2.75, 3.05) is 6.54 Å². The summed E-state index contributed by atoms with van der Waals surface area (Å²) in [6, 6.07) is 5.60. The van der Waals surface area contributed by atoms with E-state index in [0.29, 0.717) is 5.56 Å². The minimum absolute atomic E-state index is 0.0958. The third kappa shape index (κ3) is 3.04. The first kappa shape index (κ1) is 15.0. The van der Waals surface area contributed by atoms with Crippen LogP contribution in [0.2, 0.25) is 0 Å². The van der Waals surface area contributed by atoms with Crippen LogP contribution in [0.1, 0.15) is 41.5 Å². The lowest BCUT2D eigenvalue weighted by atomic mass is 9.93. The molecule has 1 unspecified atom stereocenters. The summed E-state index contributed by atoms with van der Waals surface area (Å²) < 4.78 is 5.22. The van der Waals surface area contributed by atoms with E-state index in [0.717, 1.165) is 0 Å². The highest BCUT2D eigenvalue weighted by atomic mass is 16.6. The number of rotatable bonds is 2. The summed E-state index contributed by atoms with van der Waals surface area (Å²) in [4.78, 5) is 36.2. The van der Waals surface area contributed by atoms with Crippen molar-refractivity contribution in [3.05, 3.63) is 35.4 Å². The Bertz CT molecular complexity index is 585. The van der Waals surface area contributed by atoms with Gasteiger partial charge in [-0.15, -0.1) is 0 Å². The molecular formula is C15H17NO5. The lowest BCUT2D eigenvalue weighted by molar-refractivity contribution is -0.146. The van der Waals surface area contributed by atoms with Gasteiger partial charge >= 0.3 is 11.9 Å². The molecule has 1 amide bonds. The zero-order valence-corrected chi connectivity index (χ0v) is 12.1. The number of hydrogen-bond donors (Lipinski definition) is 1. The Balaban J connectivity index is 2.26. The van der Waals surface area contributed by atoms with Crippen molar-refractivity contribution in [2.45, 2.75) is 27.0 Å². The number of nitrogens with zero attached hydrogens (tertiary/aromatic N) is 1. The van der Waals surface area contributed by atoms with E-state index in [1.807, 2.05) is 20.8 Å². The standard InChI is InChI=1S/C15H17NO5/c1-15(2,3)14-16(8-11(17)21-14)12(18)9-4-6-10(7-5-9)13(19)20/h4-7,14H,8H2,1-3H3,(H,19,20). The predicted octanol–water partition coefficient (Wildman–Crippen LogP) is 1.76. The van der Waals surface area contributed by atoms with Gasteiger partial charge in [-0.2, -0.15) is 0 Å². The van der Waals surface area contributed by atoms with Crippen LogP contribution in [0.3, 0.4) is 0 Å². The van der Waals surface area contributed by atoms with Gasteiger partial charge in [0.15, 0.2) is 6.23 Å². The molecule has 1 fully saturated rings. The second kappa shape index (κ2) is 5.20. The lowest BCUT2D eigenvalue weighted by Gasteiger charge is -2.32. The number of amides is 1. The molecule has 1 aromatic rings. The van der Waals surface area contributed by atoms with Gasteiger partial charge < -0.3 is 9.84 Å².